The zero-order valence-electron chi connectivity index (χ0n) is 7.37. The lowest BCUT2D eigenvalue weighted by molar-refractivity contribution is 0.510. The van der Waals surface area contributed by atoms with Crippen molar-refractivity contribution in [1.82, 2.24) is 9.55 Å². The summed E-state index contributed by atoms with van der Waals surface area (Å²) in [6, 6.07) is -0.131. The molecule has 5 heteroatoms. The first-order valence-corrected chi connectivity index (χ1v) is 4.36. The van der Waals surface area contributed by atoms with E-state index in [1.807, 2.05) is 17.1 Å². The topological polar surface area (TPSA) is 54.9 Å². The molecule has 1 aliphatic carbocycles. The first-order chi connectivity index (χ1) is 6.68. The van der Waals surface area contributed by atoms with Crippen molar-refractivity contribution in [2.45, 2.75) is 18.9 Å². The van der Waals surface area contributed by atoms with Gasteiger partial charge in [-0.25, -0.2) is 4.79 Å². The Morgan fingerprint density at radius 2 is 2.29 bits per heavy atom. The first kappa shape index (κ1) is 8.93. The van der Waals surface area contributed by atoms with Crippen LogP contribution in [0.25, 0.3) is 0 Å². The van der Waals surface area contributed by atoms with Crippen molar-refractivity contribution >= 4 is 0 Å². The summed E-state index contributed by atoms with van der Waals surface area (Å²) < 4.78 is 14.1. The lowest BCUT2D eigenvalue weighted by Gasteiger charge is -2.10. The molecule has 0 radical (unpaired) electrons. The molecule has 74 valence electrons. The van der Waals surface area contributed by atoms with Crippen LogP contribution in [0.15, 0.2) is 27.9 Å². The number of hydrogen-bond acceptors (Lipinski definition) is 2. The molecule has 1 aliphatic rings. The van der Waals surface area contributed by atoms with E-state index in [9.17, 15) is 14.0 Å². The van der Waals surface area contributed by atoms with Crippen LogP contribution in [-0.4, -0.2) is 9.55 Å². The number of H-pyrrole nitrogens is 1. The standard InChI is InChI=1S/C9H9FN2O2/c10-7-5-12(6-3-1-2-4-6)9(14)11-8(7)13/h1,3,5-6H,2,4H2,(H,11,13,14)/t6-/m0/s1. The van der Waals surface area contributed by atoms with Crippen molar-refractivity contribution in [1.29, 1.82) is 0 Å². The highest BCUT2D eigenvalue weighted by molar-refractivity contribution is 5.02. The van der Waals surface area contributed by atoms with Gasteiger partial charge in [0.2, 0.25) is 5.82 Å². The molecule has 1 N–H and O–H groups in total. The van der Waals surface area contributed by atoms with Crippen LogP contribution >= 0.6 is 0 Å². The number of nitrogens with one attached hydrogen (secondary N) is 1. The molecule has 0 saturated carbocycles. The van der Waals surface area contributed by atoms with E-state index in [1.54, 1.807) is 0 Å². The summed E-state index contributed by atoms with van der Waals surface area (Å²) in [6.45, 7) is 0. The van der Waals surface area contributed by atoms with Gasteiger partial charge in [-0.2, -0.15) is 4.39 Å². The van der Waals surface area contributed by atoms with Crippen LogP contribution in [0.1, 0.15) is 18.9 Å². The average Bonchev–Trinajstić information content (AvgIpc) is 2.64. The Morgan fingerprint density at radius 1 is 1.50 bits per heavy atom. The van der Waals surface area contributed by atoms with Crippen LogP contribution in [0.3, 0.4) is 0 Å². The summed E-state index contributed by atoms with van der Waals surface area (Å²) in [6.07, 6.45) is 6.37. The second-order valence-corrected chi connectivity index (χ2v) is 3.22. The number of nitrogens with zero attached hydrogens (tertiary/aromatic N) is 1. The first-order valence-electron chi connectivity index (χ1n) is 4.36. The SMILES string of the molecule is O=c1[nH]c(=O)n([C@H]2C=CCC2)cc1F. The Morgan fingerprint density at radius 3 is 2.93 bits per heavy atom. The molecule has 1 aromatic heterocycles. The largest absolute Gasteiger partial charge is 0.329 e. The monoisotopic (exact) mass is 196 g/mol. The van der Waals surface area contributed by atoms with Crippen molar-refractivity contribution in [3.8, 4) is 0 Å². The number of aromatic nitrogens is 2. The number of aromatic amines is 1. The molecule has 14 heavy (non-hydrogen) atoms. The van der Waals surface area contributed by atoms with Crippen LogP contribution in [0.2, 0.25) is 0 Å². The van der Waals surface area contributed by atoms with Crippen molar-refractivity contribution < 1.29 is 4.39 Å². The molecule has 0 unspecified atom stereocenters. The van der Waals surface area contributed by atoms with Gasteiger partial charge in [-0.05, 0) is 12.8 Å². The smallest absolute Gasteiger partial charge is 0.291 e. The highest BCUT2D eigenvalue weighted by Crippen LogP contribution is 2.20. The molecule has 0 fully saturated rings. The minimum atomic E-state index is -0.965. The van der Waals surface area contributed by atoms with Gasteiger partial charge in [0, 0.05) is 0 Å². The van der Waals surface area contributed by atoms with E-state index in [4.69, 9.17) is 0 Å². The molecule has 0 aromatic carbocycles. The normalized spacial score (nSPS) is 20.2. The van der Waals surface area contributed by atoms with Gasteiger partial charge in [-0.15, -0.1) is 0 Å². The van der Waals surface area contributed by atoms with Crippen LogP contribution in [0, 0.1) is 5.82 Å². The van der Waals surface area contributed by atoms with Gasteiger partial charge in [0.15, 0.2) is 0 Å². The van der Waals surface area contributed by atoms with Crippen molar-refractivity contribution in [3.63, 3.8) is 0 Å². The molecule has 1 atom stereocenters. The molecule has 0 saturated heterocycles. The van der Waals surface area contributed by atoms with Crippen LogP contribution < -0.4 is 11.2 Å². The van der Waals surface area contributed by atoms with Gasteiger partial charge in [0.05, 0.1) is 12.2 Å². The Kier molecular flexibility index (Phi) is 2.07. The third-order valence-corrected chi connectivity index (χ3v) is 2.27. The van der Waals surface area contributed by atoms with E-state index in [-0.39, 0.29) is 6.04 Å². The zero-order valence-corrected chi connectivity index (χ0v) is 7.37. The van der Waals surface area contributed by atoms with Gasteiger partial charge >= 0.3 is 5.69 Å². The number of allylic oxidation sites excluding steroid dienone is 2. The number of hydrogen-bond donors (Lipinski definition) is 1. The van der Waals surface area contributed by atoms with Gasteiger partial charge in [-0.3, -0.25) is 14.3 Å². The minimum Gasteiger partial charge on any atom is -0.291 e. The average molecular weight is 196 g/mol. The molecule has 1 aromatic rings. The fraction of sp³-hybridized carbons (Fsp3) is 0.333. The maximum absolute atomic E-state index is 12.9. The fourth-order valence-electron chi connectivity index (χ4n) is 1.56. The summed E-state index contributed by atoms with van der Waals surface area (Å²) in [5, 5.41) is 0. The fourth-order valence-corrected chi connectivity index (χ4v) is 1.56. The van der Waals surface area contributed by atoms with E-state index in [0.717, 1.165) is 19.0 Å². The van der Waals surface area contributed by atoms with Crippen LogP contribution in [0.4, 0.5) is 4.39 Å². The van der Waals surface area contributed by atoms with Crippen molar-refractivity contribution in [3.05, 3.63) is 45.0 Å². The van der Waals surface area contributed by atoms with Crippen LogP contribution in [-0.2, 0) is 0 Å². The highest BCUT2D eigenvalue weighted by atomic mass is 19.1. The molecule has 2 rings (SSSR count). The van der Waals surface area contributed by atoms with E-state index in [2.05, 4.69) is 0 Å². The molecule has 0 spiro atoms. The summed E-state index contributed by atoms with van der Waals surface area (Å²) in [5.74, 6) is -0.926. The Bertz CT molecular complexity index is 486. The van der Waals surface area contributed by atoms with Gasteiger partial charge < -0.3 is 0 Å². The molecule has 4 nitrogen and oxygen atoms in total. The lowest BCUT2D eigenvalue weighted by Crippen LogP contribution is -2.32. The Balaban J connectivity index is 2.53. The van der Waals surface area contributed by atoms with Crippen molar-refractivity contribution in [2.24, 2.45) is 0 Å². The predicted molar refractivity (Wildman–Crippen MR) is 48.7 cm³/mol. The molecular weight excluding hydrogens is 187 g/mol. The second-order valence-electron chi connectivity index (χ2n) is 3.22. The minimum absolute atomic E-state index is 0.131. The summed E-state index contributed by atoms with van der Waals surface area (Å²) in [5.41, 5.74) is -1.53. The molecule has 0 aliphatic heterocycles. The quantitative estimate of drug-likeness (QED) is 0.667. The van der Waals surface area contributed by atoms with Gasteiger partial charge in [-0.1, -0.05) is 12.2 Å². The van der Waals surface area contributed by atoms with E-state index >= 15 is 0 Å². The third kappa shape index (κ3) is 1.41. The Hall–Kier alpha value is -1.65. The predicted octanol–water partition coefficient (Wildman–Crippen LogP) is 0.567. The van der Waals surface area contributed by atoms with Crippen molar-refractivity contribution in [2.75, 3.05) is 0 Å². The second kappa shape index (κ2) is 3.25. The van der Waals surface area contributed by atoms with E-state index in [1.165, 1.54) is 4.57 Å². The number of rotatable bonds is 1. The third-order valence-electron chi connectivity index (χ3n) is 2.27. The summed E-state index contributed by atoms with van der Waals surface area (Å²) in [7, 11) is 0. The maximum Gasteiger partial charge on any atom is 0.329 e. The van der Waals surface area contributed by atoms with Crippen LogP contribution in [0.5, 0.6) is 0 Å². The summed E-state index contributed by atoms with van der Waals surface area (Å²) >= 11 is 0. The van der Waals surface area contributed by atoms with E-state index < -0.39 is 17.1 Å². The molecule has 0 amide bonds. The molecule has 0 bridgehead atoms. The zero-order chi connectivity index (χ0) is 10.1. The highest BCUT2D eigenvalue weighted by Gasteiger charge is 2.14. The van der Waals surface area contributed by atoms with E-state index in [0.29, 0.717) is 0 Å². The maximum atomic E-state index is 12.9. The lowest BCUT2D eigenvalue weighted by atomic mass is 10.2. The number of halogens is 1. The molecular formula is C9H9FN2O2. The summed E-state index contributed by atoms with van der Waals surface area (Å²) in [4.78, 5) is 24.0. The van der Waals surface area contributed by atoms with Gasteiger partial charge in [0.1, 0.15) is 0 Å². The Labute approximate surface area is 78.7 Å². The molecule has 1 heterocycles. The van der Waals surface area contributed by atoms with Gasteiger partial charge in [0.25, 0.3) is 5.56 Å².